The number of hydrogen-bond donors (Lipinski definition) is 1. The molecule has 27 heavy (non-hydrogen) atoms. The number of carbonyl (C=O) groups excluding carboxylic acids is 1. The van der Waals surface area contributed by atoms with Crippen molar-refractivity contribution in [2.24, 2.45) is 5.92 Å². The Labute approximate surface area is 158 Å². The Morgan fingerprint density at radius 3 is 2.67 bits per heavy atom. The SMILES string of the molecule is CCCOc1cccc(C(=O)c2c(C)c(C#N)c(=O)n(CC(C)C)c2O)c1. The molecule has 2 aromatic rings. The van der Waals surface area contributed by atoms with Crippen LogP contribution in [0.25, 0.3) is 0 Å². The van der Waals surface area contributed by atoms with Crippen LogP contribution in [0.5, 0.6) is 11.6 Å². The number of aromatic nitrogens is 1. The molecule has 0 saturated heterocycles. The predicted octanol–water partition coefficient (Wildman–Crippen LogP) is 3.41. The normalized spacial score (nSPS) is 10.7. The van der Waals surface area contributed by atoms with Crippen molar-refractivity contribution in [3.05, 3.63) is 56.9 Å². The quantitative estimate of drug-likeness (QED) is 0.756. The zero-order valence-electron chi connectivity index (χ0n) is 16.1. The van der Waals surface area contributed by atoms with Crippen molar-refractivity contribution >= 4 is 5.78 Å². The lowest BCUT2D eigenvalue weighted by Crippen LogP contribution is -2.28. The summed E-state index contributed by atoms with van der Waals surface area (Å²) < 4.78 is 6.66. The molecule has 0 bridgehead atoms. The van der Waals surface area contributed by atoms with Crippen molar-refractivity contribution in [1.82, 2.24) is 4.57 Å². The van der Waals surface area contributed by atoms with Gasteiger partial charge in [-0.15, -0.1) is 0 Å². The highest BCUT2D eigenvalue weighted by Gasteiger charge is 2.25. The molecule has 0 aliphatic rings. The van der Waals surface area contributed by atoms with Gasteiger partial charge in [-0.1, -0.05) is 32.9 Å². The second-order valence-corrected chi connectivity index (χ2v) is 6.83. The molecule has 1 heterocycles. The molecule has 0 atom stereocenters. The third-order valence-corrected chi connectivity index (χ3v) is 4.14. The highest BCUT2D eigenvalue weighted by Crippen LogP contribution is 2.26. The summed E-state index contributed by atoms with van der Waals surface area (Å²) in [5.74, 6) is -0.261. The summed E-state index contributed by atoms with van der Waals surface area (Å²) in [5, 5.41) is 20.1. The third-order valence-electron chi connectivity index (χ3n) is 4.14. The highest BCUT2D eigenvalue weighted by atomic mass is 16.5. The lowest BCUT2D eigenvalue weighted by atomic mass is 9.97. The number of nitriles is 1. The number of ether oxygens (including phenoxy) is 1. The minimum absolute atomic E-state index is 0.0283. The van der Waals surface area contributed by atoms with Gasteiger partial charge in [0, 0.05) is 12.1 Å². The van der Waals surface area contributed by atoms with E-state index in [-0.39, 0.29) is 29.2 Å². The summed E-state index contributed by atoms with van der Waals surface area (Å²) in [5.41, 5.74) is -0.238. The van der Waals surface area contributed by atoms with E-state index in [1.807, 2.05) is 26.8 Å². The van der Waals surface area contributed by atoms with Crippen molar-refractivity contribution < 1.29 is 14.6 Å². The number of rotatable bonds is 7. The van der Waals surface area contributed by atoms with E-state index in [9.17, 15) is 20.0 Å². The topological polar surface area (TPSA) is 92.3 Å². The second kappa shape index (κ2) is 8.54. The summed E-state index contributed by atoms with van der Waals surface area (Å²) in [6, 6.07) is 8.53. The molecule has 0 fully saturated rings. The van der Waals surface area contributed by atoms with Crippen LogP contribution >= 0.6 is 0 Å². The van der Waals surface area contributed by atoms with Crippen LogP contribution in [0.3, 0.4) is 0 Å². The Morgan fingerprint density at radius 1 is 1.37 bits per heavy atom. The van der Waals surface area contributed by atoms with Crippen LogP contribution < -0.4 is 10.3 Å². The third kappa shape index (κ3) is 4.20. The van der Waals surface area contributed by atoms with Gasteiger partial charge < -0.3 is 9.84 Å². The summed E-state index contributed by atoms with van der Waals surface area (Å²) in [7, 11) is 0. The van der Waals surface area contributed by atoms with Crippen molar-refractivity contribution in [3.8, 4) is 17.7 Å². The number of ketones is 1. The fourth-order valence-electron chi connectivity index (χ4n) is 2.85. The molecule has 142 valence electrons. The predicted molar refractivity (Wildman–Crippen MR) is 102 cm³/mol. The van der Waals surface area contributed by atoms with E-state index in [2.05, 4.69) is 0 Å². The standard InChI is InChI=1S/C21H24N2O4/c1-5-9-27-16-8-6-7-15(10-16)19(24)18-14(4)17(11-22)20(25)23(21(18)26)12-13(2)3/h6-8,10,13,26H,5,9,12H2,1-4H3. The zero-order chi connectivity index (χ0) is 20.1. The van der Waals surface area contributed by atoms with Gasteiger partial charge in [0.25, 0.3) is 5.56 Å². The van der Waals surface area contributed by atoms with E-state index in [1.54, 1.807) is 24.3 Å². The Balaban J connectivity index is 2.62. The minimum atomic E-state index is -0.585. The molecule has 0 saturated carbocycles. The molecular weight excluding hydrogens is 344 g/mol. The van der Waals surface area contributed by atoms with Crippen molar-refractivity contribution in [2.45, 2.75) is 40.7 Å². The molecule has 6 nitrogen and oxygen atoms in total. The van der Waals surface area contributed by atoms with Crippen molar-refractivity contribution in [1.29, 1.82) is 5.26 Å². The van der Waals surface area contributed by atoms with Gasteiger partial charge in [0.05, 0.1) is 12.2 Å². The lowest BCUT2D eigenvalue weighted by Gasteiger charge is -2.17. The van der Waals surface area contributed by atoms with Crippen molar-refractivity contribution in [2.75, 3.05) is 6.61 Å². The van der Waals surface area contributed by atoms with Crippen LogP contribution in [0.2, 0.25) is 0 Å². The van der Waals surface area contributed by atoms with Crippen molar-refractivity contribution in [3.63, 3.8) is 0 Å². The molecule has 0 amide bonds. The maximum absolute atomic E-state index is 13.1. The van der Waals surface area contributed by atoms with Gasteiger partial charge in [0.15, 0.2) is 5.78 Å². The summed E-state index contributed by atoms with van der Waals surface area (Å²) >= 11 is 0. The molecule has 0 aliphatic heterocycles. The van der Waals surface area contributed by atoms with E-state index in [0.29, 0.717) is 17.9 Å². The van der Waals surface area contributed by atoms with Gasteiger partial charge in [-0.2, -0.15) is 5.26 Å². The van der Waals surface area contributed by atoms with Gasteiger partial charge in [0.2, 0.25) is 5.88 Å². The Bertz CT molecular complexity index is 952. The van der Waals surface area contributed by atoms with E-state index >= 15 is 0 Å². The first-order valence-corrected chi connectivity index (χ1v) is 8.95. The monoisotopic (exact) mass is 368 g/mol. The molecule has 2 rings (SSSR count). The largest absolute Gasteiger partial charge is 0.494 e. The average molecular weight is 368 g/mol. The van der Waals surface area contributed by atoms with E-state index < -0.39 is 17.2 Å². The Hall–Kier alpha value is -3.07. The van der Waals surface area contributed by atoms with Crippen LogP contribution in [-0.4, -0.2) is 22.1 Å². The first kappa shape index (κ1) is 20.2. The molecule has 1 aromatic carbocycles. The van der Waals surface area contributed by atoms with Crippen LogP contribution in [0.1, 0.15) is 54.2 Å². The van der Waals surface area contributed by atoms with Gasteiger partial charge >= 0.3 is 0 Å². The summed E-state index contributed by atoms with van der Waals surface area (Å²) in [4.78, 5) is 25.6. The fourth-order valence-corrected chi connectivity index (χ4v) is 2.85. The first-order valence-electron chi connectivity index (χ1n) is 8.95. The molecular formula is C21H24N2O4. The lowest BCUT2D eigenvalue weighted by molar-refractivity contribution is 0.103. The van der Waals surface area contributed by atoms with Crippen LogP contribution in [0.15, 0.2) is 29.1 Å². The highest BCUT2D eigenvalue weighted by molar-refractivity contribution is 6.11. The second-order valence-electron chi connectivity index (χ2n) is 6.83. The summed E-state index contributed by atoms with van der Waals surface area (Å²) in [6.07, 6.45) is 0.837. The molecule has 0 radical (unpaired) electrons. The number of nitrogens with zero attached hydrogens (tertiary/aromatic N) is 2. The molecule has 0 aliphatic carbocycles. The minimum Gasteiger partial charge on any atom is -0.494 e. The van der Waals surface area contributed by atoms with E-state index in [1.165, 1.54) is 6.92 Å². The number of carbonyl (C=O) groups is 1. The van der Waals surface area contributed by atoms with Crippen LogP contribution in [0, 0.1) is 24.2 Å². The smallest absolute Gasteiger partial charge is 0.271 e. The van der Waals surface area contributed by atoms with Crippen LogP contribution in [0.4, 0.5) is 0 Å². The number of aromatic hydroxyl groups is 1. The van der Waals surface area contributed by atoms with Gasteiger partial charge in [-0.05, 0) is 37.0 Å². The molecule has 1 N–H and O–H groups in total. The van der Waals surface area contributed by atoms with Crippen LogP contribution in [-0.2, 0) is 6.54 Å². The molecule has 0 unspecified atom stereocenters. The molecule has 1 aromatic heterocycles. The maximum Gasteiger partial charge on any atom is 0.271 e. The molecule has 6 heteroatoms. The number of pyridine rings is 1. The maximum atomic E-state index is 13.1. The van der Waals surface area contributed by atoms with Gasteiger partial charge in [0.1, 0.15) is 17.4 Å². The summed E-state index contributed by atoms with van der Waals surface area (Å²) in [6.45, 7) is 7.99. The van der Waals surface area contributed by atoms with E-state index in [4.69, 9.17) is 4.74 Å². The van der Waals surface area contributed by atoms with Gasteiger partial charge in [-0.25, -0.2) is 0 Å². The molecule has 0 spiro atoms. The first-order chi connectivity index (χ1) is 12.8. The zero-order valence-corrected chi connectivity index (χ0v) is 16.1. The Kier molecular flexibility index (Phi) is 6.40. The Morgan fingerprint density at radius 2 is 2.07 bits per heavy atom. The number of benzene rings is 1. The fraction of sp³-hybridized carbons (Fsp3) is 0.381. The van der Waals surface area contributed by atoms with Gasteiger partial charge in [-0.3, -0.25) is 14.2 Å². The average Bonchev–Trinajstić information content (AvgIpc) is 2.64. The van der Waals surface area contributed by atoms with E-state index in [0.717, 1.165) is 11.0 Å². The number of hydrogen-bond acceptors (Lipinski definition) is 5.